The second-order valence-electron chi connectivity index (χ2n) is 5.70. The Hall–Kier alpha value is -1.62. The molecule has 0 radical (unpaired) electrons. The first-order valence-electron chi connectivity index (χ1n) is 7.34. The quantitative estimate of drug-likeness (QED) is 0.845. The fourth-order valence-electron chi connectivity index (χ4n) is 3.20. The normalized spacial score (nSPS) is 26.4. The number of rotatable bonds is 4. The monoisotopic (exact) mass is 275 g/mol. The maximum atomic E-state index is 12.1. The molecule has 1 amide bonds. The Morgan fingerprint density at radius 1 is 1.40 bits per heavy atom. The molecule has 0 bridgehead atoms. The first-order valence-corrected chi connectivity index (χ1v) is 7.34. The van der Waals surface area contributed by atoms with Crippen LogP contribution in [0.4, 0.5) is 10.5 Å². The molecule has 0 N–H and O–H groups in total. The van der Waals surface area contributed by atoms with E-state index < -0.39 is 0 Å². The molecule has 0 aromatic carbocycles. The van der Waals surface area contributed by atoms with E-state index in [4.69, 9.17) is 4.74 Å². The van der Waals surface area contributed by atoms with Gasteiger partial charge >= 0.3 is 6.09 Å². The van der Waals surface area contributed by atoms with Crippen LogP contribution in [-0.4, -0.2) is 47.8 Å². The minimum atomic E-state index is -0.228. The van der Waals surface area contributed by atoms with Crippen LogP contribution in [0.15, 0.2) is 24.5 Å². The number of carbonyl (C=O) groups excluding carboxylic acids is 1. The average Bonchev–Trinajstić information content (AvgIpc) is 3.02. The lowest BCUT2D eigenvalue weighted by Crippen LogP contribution is -2.49. The molecular formula is C15H21N3O2. The lowest BCUT2D eigenvalue weighted by atomic mass is 9.98. The molecule has 1 spiro atoms. The van der Waals surface area contributed by atoms with E-state index in [9.17, 15) is 4.79 Å². The van der Waals surface area contributed by atoms with Gasteiger partial charge in [-0.3, -0.25) is 9.88 Å². The number of pyridine rings is 1. The molecule has 20 heavy (non-hydrogen) atoms. The van der Waals surface area contributed by atoms with Crippen molar-refractivity contribution in [3.8, 4) is 0 Å². The highest BCUT2D eigenvalue weighted by Gasteiger charge is 2.51. The van der Waals surface area contributed by atoms with Crippen molar-refractivity contribution in [3.05, 3.63) is 24.5 Å². The van der Waals surface area contributed by atoms with Crippen LogP contribution in [0.5, 0.6) is 0 Å². The zero-order valence-electron chi connectivity index (χ0n) is 11.9. The Balaban J connectivity index is 1.80. The van der Waals surface area contributed by atoms with Crippen LogP contribution < -0.4 is 4.90 Å². The highest BCUT2D eigenvalue weighted by atomic mass is 16.6. The maximum absolute atomic E-state index is 12.1. The number of carbonyl (C=O) groups is 1. The molecule has 0 saturated carbocycles. The van der Waals surface area contributed by atoms with Gasteiger partial charge in [0.15, 0.2) is 0 Å². The lowest BCUT2D eigenvalue weighted by Gasteiger charge is -2.31. The Bertz CT molecular complexity index is 479. The topological polar surface area (TPSA) is 45.7 Å². The summed E-state index contributed by atoms with van der Waals surface area (Å²) in [5.74, 6) is 0. The van der Waals surface area contributed by atoms with Crippen LogP contribution >= 0.6 is 0 Å². The van der Waals surface area contributed by atoms with E-state index >= 15 is 0 Å². The smallest absolute Gasteiger partial charge is 0.415 e. The van der Waals surface area contributed by atoms with Crippen molar-refractivity contribution in [2.75, 3.05) is 31.1 Å². The molecule has 2 aliphatic rings. The molecule has 5 nitrogen and oxygen atoms in total. The fraction of sp³-hybridized carbons (Fsp3) is 0.600. The first kappa shape index (κ1) is 13.4. The number of likely N-dealkylation sites (tertiary alicyclic amines) is 1. The number of unbranched alkanes of at least 4 members (excludes halogenated alkanes) is 1. The molecule has 1 unspecified atom stereocenters. The van der Waals surface area contributed by atoms with Gasteiger partial charge in [0.05, 0.1) is 11.2 Å². The summed E-state index contributed by atoms with van der Waals surface area (Å²) in [6.45, 7) is 5.75. The molecule has 5 heteroatoms. The molecule has 0 aliphatic carbocycles. The molecule has 2 aliphatic heterocycles. The van der Waals surface area contributed by atoms with Crippen LogP contribution in [0.1, 0.15) is 26.2 Å². The Labute approximate surface area is 119 Å². The van der Waals surface area contributed by atoms with Crippen LogP contribution in [0, 0.1) is 0 Å². The van der Waals surface area contributed by atoms with Gasteiger partial charge in [-0.15, -0.1) is 0 Å². The van der Waals surface area contributed by atoms with E-state index in [-0.39, 0.29) is 11.6 Å². The van der Waals surface area contributed by atoms with Crippen molar-refractivity contribution in [2.45, 2.75) is 31.7 Å². The van der Waals surface area contributed by atoms with Crippen molar-refractivity contribution in [2.24, 2.45) is 0 Å². The van der Waals surface area contributed by atoms with Crippen molar-refractivity contribution < 1.29 is 9.53 Å². The molecule has 1 aromatic rings. The molecule has 2 saturated heterocycles. The Morgan fingerprint density at radius 3 is 2.95 bits per heavy atom. The molecule has 3 heterocycles. The molecule has 1 atom stereocenters. The highest BCUT2D eigenvalue weighted by molar-refractivity contribution is 5.91. The fourth-order valence-corrected chi connectivity index (χ4v) is 3.20. The summed E-state index contributed by atoms with van der Waals surface area (Å²) < 4.78 is 5.35. The van der Waals surface area contributed by atoms with E-state index in [1.165, 1.54) is 12.8 Å². The molecule has 3 rings (SSSR count). The van der Waals surface area contributed by atoms with Gasteiger partial charge < -0.3 is 9.64 Å². The number of cyclic esters (lactones) is 1. The summed E-state index contributed by atoms with van der Waals surface area (Å²) in [6.07, 6.45) is 6.60. The third kappa shape index (κ3) is 2.26. The molecule has 108 valence electrons. The van der Waals surface area contributed by atoms with Gasteiger partial charge in [-0.05, 0) is 31.5 Å². The summed E-state index contributed by atoms with van der Waals surface area (Å²) in [5.41, 5.74) is 0.700. The van der Waals surface area contributed by atoms with E-state index in [2.05, 4.69) is 16.8 Å². The molecule has 2 fully saturated rings. The zero-order chi connectivity index (χ0) is 14.0. The van der Waals surface area contributed by atoms with Gasteiger partial charge in [-0.25, -0.2) is 4.79 Å². The summed E-state index contributed by atoms with van der Waals surface area (Å²) in [7, 11) is 0. The first-order chi connectivity index (χ1) is 9.75. The number of nitrogens with zero attached hydrogens (tertiary/aromatic N) is 3. The second-order valence-corrected chi connectivity index (χ2v) is 5.70. The van der Waals surface area contributed by atoms with Crippen LogP contribution in [0.2, 0.25) is 0 Å². The van der Waals surface area contributed by atoms with Crippen molar-refractivity contribution in [3.63, 3.8) is 0 Å². The van der Waals surface area contributed by atoms with Gasteiger partial charge in [0.25, 0.3) is 0 Å². The number of hydrogen-bond donors (Lipinski definition) is 0. The van der Waals surface area contributed by atoms with Gasteiger partial charge in [0.2, 0.25) is 0 Å². The largest absolute Gasteiger partial charge is 0.447 e. The highest BCUT2D eigenvalue weighted by Crippen LogP contribution is 2.37. The van der Waals surface area contributed by atoms with Gasteiger partial charge in [0.1, 0.15) is 6.61 Å². The summed E-state index contributed by atoms with van der Waals surface area (Å²) in [6, 6.07) is 3.76. The minimum Gasteiger partial charge on any atom is -0.447 e. The molecular weight excluding hydrogens is 254 g/mol. The van der Waals surface area contributed by atoms with E-state index in [1.807, 2.05) is 17.0 Å². The van der Waals surface area contributed by atoms with Crippen molar-refractivity contribution in [1.29, 1.82) is 0 Å². The van der Waals surface area contributed by atoms with Crippen LogP contribution in [0.25, 0.3) is 0 Å². The molecule has 1 aromatic heterocycles. The van der Waals surface area contributed by atoms with E-state index in [1.54, 1.807) is 12.4 Å². The zero-order valence-corrected chi connectivity index (χ0v) is 11.9. The third-order valence-corrected chi connectivity index (χ3v) is 4.28. The number of amides is 1. The van der Waals surface area contributed by atoms with E-state index in [0.29, 0.717) is 6.61 Å². The van der Waals surface area contributed by atoms with Crippen LogP contribution in [0.3, 0.4) is 0 Å². The average molecular weight is 275 g/mol. The number of ether oxygens (including phenoxy) is 1. The predicted molar refractivity (Wildman–Crippen MR) is 76.8 cm³/mol. The standard InChI is InChI=1S/C15H21N3O2/c1-2-3-9-17-10-6-15(11-17)12-20-14(19)18(15)13-4-7-16-8-5-13/h4-5,7-8H,2-3,6,9-12H2,1H3. The van der Waals surface area contributed by atoms with Gasteiger partial charge in [-0.1, -0.05) is 13.3 Å². The predicted octanol–water partition coefficient (Wildman–Crippen LogP) is 2.28. The number of aromatic nitrogens is 1. The maximum Gasteiger partial charge on any atom is 0.415 e. The Kier molecular flexibility index (Phi) is 3.61. The third-order valence-electron chi connectivity index (χ3n) is 4.28. The Morgan fingerprint density at radius 2 is 2.20 bits per heavy atom. The number of hydrogen-bond acceptors (Lipinski definition) is 4. The van der Waals surface area contributed by atoms with Gasteiger partial charge in [-0.2, -0.15) is 0 Å². The number of anilines is 1. The van der Waals surface area contributed by atoms with Crippen molar-refractivity contribution in [1.82, 2.24) is 9.88 Å². The summed E-state index contributed by atoms with van der Waals surface area (Å²) >= 11 is 0. The SMILES string of the molecule is CCCCN1CCC2(COC(=O)N2c2ccncc2)C1. The minimum absolute atomic E-state index is 0.188. The lowest BCUT2D eigenvalue weighted by molar-refractivity contribution is 0.172. The summed E-state index contributed by atoms with van der Waals surface area (Å²) in [4.78, 5) is 20.4. The van der Waals surface area contributed by atoms with Gasteiger partial charge in [0, 0.05) is 25.5 Å². The summed E-state index contributed by atoms with van der Waals surface area (Å²) in [5, 5.41) is 0. The second kappa shape index (κ2) is 5.40. The van der Waals surface area contributed by atoms with Crippen LogP contribution in [-0.2, 0) is 4.74 Å². The van der Waals surface area contributed by atoms with E-state index in [0.717, 1.165) is 31.7 Å². The van der Waals surface area contributed by atoms with Crippen molar-refractivity contribution >= 4 is 11.8 Å².